The van der Waals surface area contributed by atoms with Crippen molar-refractivity contribution in [3.8, 4) is 17.1 Å². The molecule has 0 saturated carbocycles. The van der Waals surface area contributed by atoms with E-state index in [2.05, 4.69) is 15.3 Å². The van der Waals surface area contributed by atoms with Gasteiger partial charge in [0.2, 0.25) is 0 Å². The molecule has 116 valence electrons. The van der Waals surface area contributed by atoms with Crippen LogP contribution in [0.25, 0.3) is 11.4 Å². The van der Waals surface area contributed by atoms with E-state index >= 15 is 0 Å². The fourth-order valence-electron chi connectivity index (χ4n) is 2.31. The Morgan fingerprint density at radius 3 is 2.39 bits per heavy atom. The molecule has 4 nitrogen and oxygen atoms in total. The fourth-order valence-corrected chi connectivity index (χ4v) is 2.31. The minimum absolute atomic E-state index is 0.703. The molecule has 23 heavy (non-hydrogen) atoms. The topological polar surface area (TPSA) is 47.0 Å². The summed E-state index contributed by atoms with van der Waals surface area (Å²) in [7, 11) is 1.67. The van der Waals surface area contributed by atoms with Crippen LogP contribution in [0.3, 0.4) is 0 Å². The Hall–Kier alpha value is -2.88. The molecule has 0 fully saturated rings. The van der Waals surface area contributed by atoms with Gasteiger partial charge in [0.1, 0.15) is 11.6 Å². The summed E-state index contributed by atoms with van der Waals surface area (Å²) in [6.45, 7) is 2.68. The molecular formula is C19H19N3O. The Labute approximate surface area is 136 Å². The van der Waals surface area contributed by atoms with Crippen LogP contribution in [0.15, 0.2) is 60.7 Å². The maximum absolute atomic E-state index is 5.17. The van der Waals surface area contributed by atoms with Gasteiger partial charge in [-0.15, -0.1) is 0 Å². The van der Waals surface area contributed by atoms with Crippen LogP contribution in [-0.2, 0) is 6.54 Å². The number of aromatic nitrogens is 2. The largest absolute Gasteiger partial charge is 0.497 e. The molecule has 0 unspecified atom stereocenters. The first-order valence-electron chi connectivity index (χ1n) is 7.52. The third kappa shape index (κ3) is 3.86. The molecule has 2 aromatic carbocycles. The van der Waals surface area contributed by atoms with Crippen molar-refractivity contribution in [3.05, 3.63) is 71.9 Å². The number of aryl methyl sites for hydroxylation is 1. The molecule has 0 saturated heterocycles. The number of nitrogens with one attached hydrogen (secondary N) is 1. The van der Waals surface area contributed by atoms with E-state index in [1.807, 2.05) is 67.6 Å². The lowest BCUT2D eigenvalue weighted by Gasteiger charge is -2.09. The van der Waals surface area contributed by atoms with Crippen molar-refractivity contribution in [1.82, 2.24) is 9.97 Å². The molecule has 0 aliphatic carbocycles. The number of methoxy groups -OCH3 is 1. The van der Waals surface area contributed by atoms with Gasteiger partial charge in [-0.3, -0.25) is 0 Å². The van der Waals surface area contributed by atoms with E-state index < -0.39 is 0 Å². The average Bonchev–Trinajstić information content (AvgIpc) is 2.61. The maximum atomic E-state index is 5.17. The first kappa shape index (κ1) is 15.0. The highest BCUT2D eigenvalue weighted by atomic mass is 16.5. The van der Waals surface area contributed by atoms with Gasteiger partial charge >= 0.3 is 0 Å². The number of benzene rings is 2. The van der Waals surface area contributed by atoms with Crippen molar-refractivity contribution >= 4 is 5.82 Å². The molecule has 0 radical (unpaired) electrons. The zero-order valence-electron chi connectivity index (χ0n) is 13.3. The summed E-state index contributed by atoms with van der Waals surface area (Å²) < 4.78 is 5.17. The minimum Gasteiger partial charge on any atom is -0.497 e. The molecule has 0 aliphatic rings. The summed E-state index contributed by atoms with van der Waals surface area (Å²) >= 11 is 0. The lowest BCUT2D eigenvalue weighted by atomic mass is 10.2. The second kappa shape index (κ2) is 6.92. The summed E-state index contributed by atoms with van der Waals surface area (Å²) in [5, 5.41) is 3.36. The normalized spacial score (nSPS) is 10.3. The first-order chi connectivity index (χ1) is 11.2. The quantitative estimate of drug-likeness (QED) is 0.772. The predicted octanol–water partition coefficient (Wildman–Crippen LogP) is 4.07. The van der Waals surface area contributed by atoms with Crippen LogP contribution in [-0.4, -0.2) is 17.1 Å². The van der Waals surface area contributed by atoms with Gasteiger partial charge in [0.25, 0.3) is 0 Å². The molecule has 1 heterocycles. The third-order valence-electron chi connectivity index (χ3n) is 3.52. The SMILES string of the molecule is COc1ccc(CNc2cc(C)nc(-c3ccccc3)n2)cc1. The van der Waals surface area contributed by atoms with E-state index in [-0.39, 0.29) is 0 Å². The molecule has 0 aliphatic heterocycles. The highest BCUT2D eigenvalue weighted by Gasteiger charge is 2.04. The molecule has 1 N–H and O–H groups in total. The van der Waals surface area contributed by atoms with Crippen LogP contribution in [0.4, 0.5) is 5.82 Å². The summed E-state index contributed by atoms with van der Waals surface area (Å²) in [5.74, 6) is 2.42. The van der Waals surface area contributed by atoms with Gasteiger partial charge in [0, 0.05) is 23.9 Å². The summed E-state index contributed by atoms with van der Waals surface area (Å²) in [6, 6.07) is 19.9. The smallest absolute Gasteiger partial charge is 0.161 e. The van der Waals surface area contributed by atoms with Gasteiger partial charge < -0.3 is 10.1 Å². The highest BCUT2D eigenvalue weighted by molar-refractivity contribution is 5.57. The predicted molar refractivity (Wildman–Crippen MR) is 92.5 cm³/mol. The van der Waals surface area contributed by atoms with Crippen molar-refractivity contribution in [2.45, 2.75) is 13.5 Å². The zero-order chi connectivity index (χ0) is 16.1. The number of ether oxygens (including phenoxy) is 1. The molecule has 0 spiro atoms. The fraction of sp³-hybridized carbons (Fsp3) is 0.158. The Morgan fingerprint density at radius 2 is 1.70 bits per heavy atom. The van der Waals surface area contributed by atoms with E-state index in [9.17, 15) is 0 Å². The van der Waals surface area contributed by atoms with Gasteiger partial charge in [-0.1, -0.05) is 42.5 Å². The van der Waals surface area contributed by atoms with Crippen molar-refractivity contribution in [1.29, 1.82) is 0 Å². The van der Waals surface area contributed by atoms with Crippen LogP contribution in [0.1, 0.15) is 11.3 Å². The van der Waals surface area contributed by atoms with Crippen LogP contribution in [0.2, 0.25) is 0 Å². The van der Waals surface area contributed by atoms with Crippen LogP contribution in [0, 0.1) is 6.92 Å². The number of nitrogens with zero attached hydrogens (tertiary/aromatic N) is 2. The lowest BCUT2D eigenvalue weighted by Crippen LogP contribution is -2.04. The summed E-state index contributed by atoms with van der Waals surface area (Å²) in [5.41, 5.74) is 3.13. The van der Waals surface area contributed by atoms with Crippen LogP contribution in [0.5, 0.6) is 5.75 Å². The van der Waals surface area contributed by atoms with E-state index in [0.29, 0.717) is 6.54 Å². The molecule has 3 rings (SSSR count). The zero-order valence-corrected chi connectivity index (χ0v) is 13.3. The second-order valence-electron chi connectivity index (χ2n) is 5.29. The molecule has 4 heteroatoms. The van der Waals surface area contributed by atoms with E-state index in [1.54, 1.807) is 7.11 Å². The third-order valence-corrected chi connectivity index (χ3v) is 3.52. The van der Waals surface area contributed by atoms with Crippen molar-refractivity contribution in [3.63, 3.8) is 0 Å². The summed E-state index contributed by atoms with van der Waals surface area (Å²) in [6.07, 6.45) is 0. The number of anilines is 1. The number of hydrogen-bond donors (Lipinski definition) is 1. The Bertz CT molecular complexity index is 770. The van der Waals surface area contributed by atoms with Crippen LogP contribution >= 0.6 is 0 Å². The van der Waals surface area contributed by atoms with Gasteiger partial charge in [0.15, 0.2) is 5.82 Å². The highest BCUT2D eigenvalue weighted by Crippen LogP contribution is 2.18. The molecule has 0 bridgehead atoms. The Balaban J connectivity index is 1.76. The molecule has 0 atom stereocenters. The van der Waals surface area contributed by atoms with Gasteiger partial charge in [-0.2, -0.15) is 0 Å². The molecule has 1 aromatic heterocycles. The van der Waals surface area contributed by atoms with E-state index in [1.165, 1.54) is 5.56 Å². The minimum atomic E-state index is 0.703. The summed E-state index contributed by atoms with van der Waals surface area (Å²) in [4.78, 5) is 9.12. The maximum Gasteiger partial charge on any atom is 0.161 e. The average molecular weight is 305 g/mol. The van der Waals surface area contributed by atoms with Crippen molar-refractivity contribution in [2.75, 3.05) is 12.4 Å². The second-order valence-corrected chi connectivity index (χ2v) is 5.29. The monoisotopic (exact) mass is 305 g/mol. The number of hydrogen-bond acceptors (Lipinski definition) is 4. The molecule has 0 amide bonds. The van der Waals surface area contributed by atoms with Gasteiger partial charge in [0.05, 0.1) is 7.11 Å². The lowest BCUT2D eigenvalue weighted by molar-refractivity contribution is 0.414. The van der Waals surface area contributed by atoms with Crippen LogP contribution < -0.4 is 10.1 Å². The van der Waals surface area contributed by atoms with Crippen molar-refractivity contribution in [2.24, 2.45) is 0 Å². The Kier molecular flexibility index (Phi) is 4.52. The Morgan fingerprint density at radius 1 is 0.957 bits per heavy atom. The first-order valence-corrected chi connectivity index (χ1v) is 7.52. The van der Waals surface area contributed by atoms with E-state index in [0.717, 1.165) is 28.6 Å². The standard InChI is InChI=1S/C19H19N3O/c1-14-12-18(20-13-15-8-10-17(23-2)11-9-15)22-19(21-14)16-6-4-3-5-7-16/h3-12H,13H2,1-2H3,(H,20,21,22). The molecule has 3 aromatic rings. The number of rotatable bonds is 5. The van der Waals surface area contributed by atoms with Gasteiger partial charge in [-0.25, -0.2) is 9.97 Å². The molecular weight excluding hydrogens is 286 g/mol. The van der Waals surface area contributed by atoms with Gasteiger partial charge in [-0.05, 0) is 24.6 Å². The van der Waals surface area contributed by atoms with Crippen molar-refractivity contribution < 1.29 is 4.74 Å². The van der Waals surface area contributed by atoms with E-state index in [4.69, 9.17) is 4.74 Å².